The highest BCUT2D eigenvalue weighted by Gasteiger charge is 2.39. The molecule has 2 N–H and O–H groups in total. The van der Waals surface area contributed by atoms with Crippen molar-refractivity contribution in [3.05, 3.63) is 0 Å². The van der Waals surface area contributed by atoms with Crippen molar-refractivity contribution in [1.82, 2.24) is 0 Å². The predicted molar refractivity (Wildman–Crippen MR) is 71.5 cm³/mol. The number of methoxy groups -OCH3 is 1. The molecule has 0 saturated carbocycles. The van der Waals surface area contributed by atoms with Crippen LogP contribution < -0.4 is 0 Å². The van der Waals surface area contributed by atoms with Crippen LogP contribution in [0.15, 0.2) is 0 Å². The number of aliphatic carboxylic acids is 1. The molecule has 0 aromatic heterocycles. The normalized spacial score (nSPS) is 16.8. The topological polar surface area (TPSA) is 83.8 Å². The highest BCUT2D eigenvalue weighted by atomic mass is 16.5. The summed E-state index contributed by atoms with van der Waals surface area (Å²) in [7, 11) is 1.29. The van der Waals surface area contributed by atoms with E-state index in [0.717, 1.165) is 0 Å². The van der Waals surface area contributed by atoms with Crippen molar-refractivity contribution < 1.29 is 24.5 Å². The Morgan fingerprint density at radius 3 is 1.95 bits per heavy atom. The number of carboxylic acid groups (broad SMARTS) is 1. The van der Waals surface area contributed by atoms with Crippen LogP contribution in [-0.2, 0) is 14.3 Å². The summed E-state index contributed by atoms with van der Waals surface area (Å²) in [5.74, 6) is -3.23. The van der Waals surface area contributed by atoms with Gasteiger partial charge >= 0.3 is 11.9 Å². The molecule has 0 fully saturated rings. The first-order valence-corrected chi connectivity index (χ1v) is 6.51. The van der Waals surface area contributed by atoms with Crippen molar-refractivity contribution in [2.75, 3.05) is 7.11 Å². The third-order valence-corrected chi connectivity index (χ3v) is 3.43. The number of ether oxygens (including phenoxy) is 1. The first kappa shape index (κ1) is 17.9. The van der Waals surface area contributed by atoms with Crippen LogP contribution in [0.5, 0.6) is 0 Å². The number of carbonyl (C=O) groups excluding carboxylic acids is 1. The Labute approximate surface area is 115 Å². The van der Waals surface area contributed by atoms with Crippen LogP contribution in [0.1, 0.15) is 41.0 Å². The Morgan fingerprint density at radius 2 is 1.68 bits per heavy atom. The summed E-state index contributed by atoms with van der Waals surface area (Å²) in [4.78, 5) is 23.1. The molecular formula is C14H26O5. The molecule has 0 saturated heterocycles. The Balaban J connectivity index is 5.17. The van der Waals surface area contributed by atoms with Gasteiger partial charge in [-0.05, 0) is 17.8 Å². The van der Waals surface area contributed by atoms with Crippen molar-refractivity contribution in [2.45, 2.75) is 47.1 Å². The van der Waals surface area contributed by atoms with Crippen LogP contribution >= 0.6 is 0 Å². The summed E-state index contributed by atoms with van der Waals surface area (Å²) in [5.41, 5.74) is -0.419. The van der Waals surface area contributed by atoms with E-state index in [9.17, 15) is 19.8 Å². The van der Waals surface area contributed by atoms with Crippen LogP contribution in [0.4, 0.5) is 0 Å². The van der Waals surface area contributed by atoms with E-state index in [1.54, 1.807) is 13.8 Å². The van der Waals surface area contributed by atoms with E-state index in [1.165, 1.54) is 7.11 Å². The Kier molecular flexibility index (Phi) is 6.49. The maximum atomic E-state index is 11.8. The van der Waals surface area contributed by atoms with Gasteiger partial charge in [-0.2, -0.15) is 0 Å². The zero-order valence-electron chi connectivity index (χ0n) is 12.6. The van der Waals surface area contributed by atoms with Gasteiger partial charge < -0.3 is 14.9 Å². The molecular weight excluding hydrogens is 248 g/mol. The molecule has 0 aliphatic rings. The third-order valence-electron chi connectivity index (χ3n) is 3.43. The predicted octanol–water partition coefficient (Wildman–Crippen LogP) is 1.93. The monoisotopic (exact) mass is 274 g/mol. The minimum absolute atomic E-state index is 0.0743. The number of hydrogen-bond donors (Lipinski definition) is 2. The van der Waals surface area contributed by atoms with Gasteiger partial charge in [0.1, 0.15) is 0 Å². The highest BCUT2D eigenvalue weighted by molar-refractivity contribution is 5.76. The zero-order valence-corrected chi connectivity index (χ0v) is 12.6. The molecule has 0 aromatic rings. The molecule has 0 unspecified atom stereocenters. The molecule has 0 spiro atoms. The number of rotatable bonds is 6. The average Bonchev–Trinajstić information content (AvgIpc) is 2.26. The summed E-state index contributed by atoms with van der Waals surface area (Å²) in [6.45, 7) is 9.08. The van der Waals surface area contributed by atoms with Crippen molar-refractivity contribution in [2.24, 2.45) is 23.2 Å². The number of aliphatic hydroxyl groups is 1. The molecule has 112 valence electrons. The molecule has 0 heterocycles. The van der Waals surface area contributed by atoms with E-state index in [1.807, 2.05) is 20.8 Å². The largest absolute Gasteiger partial charge is 0.481 e. The SMILES string of the molecule is COC(=O)[C@H](C[C@H](C(=O)O)[C@@H](O)C(C)C)C(C)(C)C. The van der Waals surface area contributed by atoms with Gasteiger partial charge in [0.2, 0.25) is 0 Å². The third kappa shape index (κ3) is 5.19. The van der Waals surface area contributed by atoms with Crippen LogP contribution in [0.25, 0.3) is 0 Å². The fourth-order valence-corrected chi connectivity index (χ4v) is 2.05. The smallest absolute Gasteiger partial charge is 0.309 e. The van der Waals surface area contributed by atoms with Crippen LogP contribution in [0.3, 0.4) is 0 Å². The lowest BCUT2D eigenvalue weighted by Crippen LogP contribution is -2.39. The lowest BCUT2D eigenvalue weighted by atomic mass is 9.73. The molecule has 0 aromatic carbocycles. The molecule has 5 heteroatoms. The lowest BCUT2D eigenvalue weighted by Gasteiger charge is -2.32. The lowest BCUT2D eigenvalue weighted by molar-refractivity contribution is -0.155. The molecule has 3 atom stereocenters. The first-order valence-electron chi connectivity index (χ1n) is 6.51. The maximum Gasteiger partial charge on any atom is 0.309 e. The van der Waals surface area contributed by atoms with Gasteiger partial charge in [-0.15, -0.1) is 0 Å². The number of carbonyl (C=O) groups is 2. The average molecular weight is 274 g/mol. The summed E-state index contributed by atoms with van der Waals surface area (Å²) in [5, 5.41) is 19.2. The molecule has 0 amide bonds. The van der Waals surface area contributed by atoms with Gasteiger partial charge in [-0.1, -0.05) is 34.6 Å². The second-order valence-electron chi connectivity index (χ2n) is 6.36. The standard InChI is InChI=1S/C14H26O5/c1-8(2)11(15)9(12(16)17)7-10(13(18)19-6)14(3,4)5/h8-11,15H,7H2,1-6H3,(H,16,17)/t9-,10-,11-/m0/s1. The van der Waals surface area contributed by atoms with Crippen molar-refractivity contribution in [1.29, 1.82) is 0 Å². The van der Waals surface area contributed by atoms with Gasteiger partial charge in [0.15, 0.2) is 0 Å². The number of esters is 1. The van der Waals surface area contributed by atoms with Crippen molar-refractivity contribution in [3.63, 3.8) is 0 Å². The maximum absolute atomic E-state index is 11.8. The van der Waals surface area contributed by atoms with Gasteiger partial charge in [0.25, 0.3) is 0 Å². The van der Waals surface area contributed by atoms with E-state index >= 15 is 0 Å². The van der Waals surface area contributed by atoms with E-state index in [4.69, 9.17) is 4.74 Å². The van der Waals surface area contributed by atoms with Gasteiger partial charge in [0, 0.05) is 0 Å². The minimum Gasteiger partial charge on any atom is -0.481 e. The molecule has 0 aliphatic heterocycles. The van der Waals surface area contributed by atoms with E-state index in [-0.39, 0.29) is 12.3 Å². The van der Waals surface area contributed by atoms with Crippen molar-refractivity contribution >= 4 is 11.9 Å². The van der Waals surface area contributed by atoms with E-state index in [2.05, 4.69) is 0 Å². The van der Waals surface area contributed by atoms with Gasteiger partial charge in [-0.3, -0.25) is 9.59 Å². The molecule has 0 radical (unpaired) electrons. The van der Waals surface area contributed by atoms with Crippen LogP contribution in [-0.4, -0.2) is 35.4 Å². The quantitative estimate of drug-likeness (QED) is 0.723. The molecule has 0 aliphatic carbocycles. The highest BCUT2D eigenvalue weighted by Crippen LogP contribution is 2.34. The Hall–Kier alpha value is -1.10. The minimum atomic E-state index is -1.08. The first-order chi connectivity index (χ1) is 8.52. The second kappa shape index (κ2) is 6.89. The van der Waals surface area contributed by atoms with Crippen molar-refractivity contribution in [3.8, 4) is 0 Å². The Morgan fingerprint density at radius 1 is 1.21 bits per heavy atom. The number of hydrogen-bond acceptors (Lipinski definition) is 4. The van der Waals surface area contributed by atoms with Gasteiger partial charge in [-0.25, -0.2) is 0 Å². The summed E-state index contributed by atoms with van der Waals surface area (Å²) in [6.07, 6.45) is -0.905. The van der Waals surface area contributed by atoms with Gasteiger partial charge in [0.05, 0.1) is 25.0 Å². The summed E-state index contributed by atoms with van der Waals surface area (Å²) >= 11 is 0. The Bertz CT molecular complexity index is 316. The summed E-state index contributed by atoms with van der Waals surface area (Å²) < 4.78 is 4.75. The molecule has 19 heavy (non-hydrogen) atoms. The number of aliphatic hydroxyl groups excluding tert-OH is 1. The second-order valence-corrected chi connectivity index (χ2v) is 6.36. The summed E-state index contributed by atoms with van der Waals surface area (Å²) in [6, 6.07) is 0. The molecule has 0 bridgehead atoms. The van der Waals surface area contributed by atoms with E-state index in [0.29, 0.717) is 0 Å². The zero-order chi connectivity index (χ0) is 15.4. The van der Waals surface area contributed by atoms with Crippen LogP contribution in [0, 0.1) is 23.2 Å². The molecule has 5 nitrogen and oxygen atoms in total. The number of carboxylic acids is 1. The molecule has 0 rings (SSSR count). The fraction of sp³-hybridized carbons (Fsp3) is 0.857. The van der Waals surface area contributed by atoms with Crippen LogP contribution in [0.2, 0.25) is 0 Å². The van der Waals surface area contributed by atoms with E-state index < -0.39 is 35.3 Å². The fourth-order valence-electron chi connectivity index (χ4n) is 2.05.